The lowest BCUT2D eigenvalue weighted by Gasteiger charge is -2.51. The number of oxazole rings is 1. The number of aromatic nitrogens is 1. The molecule has 6 nitrogen and oxygen atoms in total. The van der Waals surface area contributed by atoms with Gasteiger partial charge in [0.1, 0.15) is 5.76 Å². The molecule has 29 heavy (non-hydrogen) atoms. The molecule has 0 N–H and O–H groups in total. The molecule has 1 spiro atoms. The van der Waals surface area contributed by atoms with E-state index in [0.29, 0.717) is 19.1 Å². The van der Waals surface area contributed by atoms with Crippen LogP contribution in [0.2, 0.25) is 0 Å². The van der Waals surface area contributed by atoms with Crippen LogP contribution >= 0.6 is 0 Å². The summed E-state index contributed by atoms with van der Waals surface area (Å²) in [6.45, 7) is 7.80. The van der Waals surface area contributed by atoms with Crippen molar-refractivity contribution in [3.05, 3.63) is 53.7 Å². The average molecular weight is 396 g/mol. The predicted octanol–water partition coefficient (Wildman–Crippen LogP) is 2.84. The Kier molecular flexibility index (Phi) is 4.92. The van der Waals surface area contributed by atoms with Crippen LogP contribution in [0.3, 0.4) is 0 Å². The maximum absolute atomic E-state index is 13.0. The highest BCUT2D eigenvalue weighted by Crippen LogP contribution is 2.49. The zero-order valence-corrected chi connectivity index (χ0v) is 17.0. The van der Waals surface area contributed by atoms with E-state index in [2.05, 4.69) is 45.1 Å². The third-order valence-electron chi connectivity index (χ3n) is 6.80. The van der Waals surface area contributed by atoms with Crippen LogP contribution in [0.1, 0.15) is 36.0 Å². The second-order valence-electron chi connectivity index (χ2n) is 8.96. The number of carbonyl (C=O) groups excluding carboxylic acids is 1. The number of hydrogen-bond acceptors (Lipinski definition) is 5. The van der Waals surface area contributed by atoms with Gasteiger partial charge in [0, 0.05) is 57.3 Å². The first-order valence-electron chi connectivity index (χ1n) is 10.7. The SMILES string of the molecule is Cc1cnc(C2CN(Cc3ccccc3)CC23CN(C(=O)C2CCOCC2)C3)o1. The molecule has 5 rings (SSSR count). The summed E-state index contributed by atoms with van der Waals surface area (Å²) in [6, 6.07) is 10.6. The van der Waals surface area contributed by atoms with Crippen LogP contribution < -0.4 is 0 Å². The van der Waals surface area contributed by atoms with Gasteiger partial charge in [-0.1, -0.05) is 30.3 Å². The van der Waals surface area contributed by atoms with Gasteiger partial charge >= 0.3 is 0 Å². The molecule has 0 bridgehead atoms. The summed E-state index contributed by atoms with van der Waals surface area (Å²) in [5.74, 6) is 2.36. The molecule has 0 aliphatic carbocycles. The fourth-order valence-corrected chi connectivity index (χ4v) is 5.30. The third kappa shape index (κ3) is 3.60. The van der Waals surface area contributed by atoms with Crippen LogP contribution in [0, 0.1) is 18.3 Å². The highest BCUT2D eigenvalue weighted by atomic mass is 16.5. The summed E-state index contributed by atoms with van der Waals surface area (Å²) in [7, 11) is 0. The number of likely N-dealkylation sites (tertiary alicyclic amines) is 2. The standard InChI is InChI=1S/C23H29N3O3/c1-17-11-24-21(29-17)20-13-25(12-18-5-3-2-4-6-18)14-23(20)15-26(16-23)22(27)19-7-9-28-10-8-19/h2-6,11,19-20H,7-10,12-16H2,1H3. The maximum Gasteiger partial charge on any atom is 0.225 e. The quantitative estimate of drug-likeness (QED) is 0.797. The van der Waals surface area contributed by atoms with Gasteiger partial charge in [0.05, 0.1) is 12.1 Å². The first-order chi connectivity index (χ1) is 14.1. The first-order valence-corrected chi connectivity index (χ1v) is 10.7. The summed E-state index contributed by atoms with van der Waals surface area (Å²) in [5, 5.41) is 0. The minimum atomic E-state index is 0.0485. The number of aryl methyl sites for hydroxylation is 1. The van der Waals surface area contributed by atoms with Crippen LogP contribution in [0.4, 0.5) is 0 Å². The number of amides is 1. The number of hydrogen-bond donors (Lipinski definition) is 0. The van der Waals surface area contributed by atoms with E-state index >= 15 is 0 Å². The van der Waals surface area contributed by atoms with Crippen LogP contribution in [-0.2, 0) is 16.1 Å². The van der Waals surface area contributed by atoms with Crippen molar-refractivity contribution in [3.63, 3.8) is 0 Å². The Hall–Kier alpha value is -2.18. The number of carbonyl (C=O) groups is 1. The lowest BCUT2D eigenvalue weighted by atomic mass is 9.71. The Morgan fingerprint density at radius 2 is 1.93 bits per heavy atom. The zero-order valence-electron chi connectivity index (χ0n) is 17.0. The number of ether oxygens (including phenoxy) is 1. The summed E-state index contributed by atoms with van der Waals surface area (Å²) >= 11 is 0. The molecule has 1 unspecified atom stereocenters. The zero-order chi connectivity index (χ0) is 19.8. The number of rotatable bonds is 4. The lowest BCUT2D eigenvalue weighted by Crippen LogP contribution is -2.62. The van der Waals surface area contributed by atoms with E-state index in [-0.39, 0.29) is 17.3 Å². The largest absolute Gasteiger partial charge is 0.446 e. The van der Waals surface area contributed by atoms with Crippen molar-refractivity contribution in [3.8, 4) is 0 Å². The van der Waals surface area contributed by atoms with E-state index in [4.69, 9.17) is 9.15 Å². The smallest absolute Gasteiger partial charge is 0.225 e. The second-order valence-corrected chi connectivity index (χ2v) is 8.96. The third-order valence-corrected chi connectivity index (χ3v) is 6.80. The second kappa shape index (κ2) is 7.58. The predicted molar refractivity (Wildman–Crippen MR) is 108 cm³/mol. The van der Waals surface area contributed by atoms with Crippen LogP contribution in [0.25, 0.3) is 0 Å². The van der Waals surface area contributed by atoms with Gasteiger partial charge in [-0.25, -0.2) is 4.98 Å². The van der Waals surface area contributed by atoms with Gasteiger partial charge in [0.25, 0.3) is 0 Å². The van der Waals surface area contributed by atoms with Crippen molar-refractivity contribution in [2.24, 2.45) is 11.3 Å². The van der Waals surface area contributed by atoms with Gasteiger partial charge in [-0.15, -0.1) is 0 Å². The fourth-order valence-electron chi connectivity index (χ4n) is 5.30. The summed E-state index contributed by atoms with van der Waals surface area (Å²) in [5.41, 5.74) is 1.37. The molecule has 1 atom stereocenters. The molecule has 0 saturated carbocycles. The molecule has 2 aromatic rings. The Balaban J connectivity index is 1.32. The van der Waals surface area contributed by atoms with Gasteiger partial charge in [0.15, 0.2) is 5.89 Å². The van der Waals surface area contributed by atoms with Crippen molar-refractivity contribution in [1.82, 2.24) is 14.8 Å². The topological polar surface area (TPSA) is 58.8 Å². The maximum atomic E-state index is 13.0. The van der Waals surface area contributed by atoms with Gasteiger partial charge in [-0.2, -0.15) is 0 Å². The molecule has 3 fully saturated rings. The van der Waals surface area contributed by atoms with Gasteiger partial charge < -0.3 is 14.1 Å². The molecule has 6 heteroatoms. The van der Waals surface area contributed by atoms with Crippen molar-refractivity contribution in [2.45, 2.75) is 32.2 Å². The van der Waals surface area contributed by atoms with Crippen LogP contribution in [-0.4, -0.2) is 60.1 Å². The Bertz CT molecular complexity index is 853. The van der Waals surface area contributed by atoms with Crippen molar-refractivity contribution < 1.29 is 13.9 Å². The van der Waals surface area contributed by atoms with Crippen LogP contribution in [0.5, 0.6) is 0 Å². The summed E-state index contributed by atoms with van der Waals surface area (Å²) < 4.78 is 11.4. The molecule has 1 aromatic carbocycles. The number of nitrogens with zero attached hydrogens (tertiary/aromatic N) is 3. The summed E-state index contributed by atoms with van der Waals surface area (Å²) in [4.78, 5) is 22.1. The van der Waals surface area contributed by atoms with E-state index < -0.39 is 0 Å². The Morgan fingerprint density at radius 3 is 2.62 bits per heavy atom. The van der Waals surface area contributed by atoms with Crippen molar-refractivity contribution in [2.75, 3.05) is 39.4 Å². The van der Waals surface area contributed by atoms with Crippen molar-refractivity contribution >= 4 is 5.91 Å². The average Bonchev–Trinajstić information content (AvgIpc) is 3.31. The van der Waals surface area contributed by atoms with E-state index in [1.165, 1.54) is 5.56 Å². The van der Waals surface area contributed by atoms with E-state index in [9.17, 15) is 4.79 Å². The Morgan fingerprint density at radius 1 is 1.17 bits per heavy atom. The molecule has 3 aliphatic rings. The molecule has 1 amide bonds. The monoisotopic (exact) mass is 395 g/mol. The molecule has 0 radical (unpaired) electrons. The highest BCUT2D eigenvalue weighted by Gasteiger charge is 2.57. The van der Waals surface area contributed by atoms with Gasteiger partial charge in [-0.3, -0.25) is 9.69 Å². The molecule has 4 heterocycles. The molecule has 154 valence electrons. The molecule has 3 saturated heterocycles. The Labute approximate surface area is 171 Å². The minimum Gasteiger partial charge on any atom is -0.446 e. The van der Waals surface area contributed by atoms with Crippen LogP contribution in [0.15, 0.2) is 40.9 Å². The fraction of sp³-hybridized carbons (Fsp3) is 0.565. The van der Waals surface area contributed by atoms with Crippen molar-refractivity contribution in [1.29, 1.82) is 0 Å². The van der Waals surface area contributed by atoms with Gasteiger partial charge in [-0.05, 0) is 25.3 Å². The summed E-state index contributed by atoms with van der Waals surface area (Å²) in [6.07, 6.45) is 3.52. The molecule has 3 aliphatic heterocycles. The molecule has 1 aromatic heterocycles. The highest BCUT2D eigenvalue weighted by molar-refractivity contribution is 5.80. The van der Waals surface area contributed by atoms with Gasteiger partial charge in [0.2, 0.25) is 5.91 Å². The molecular weight excluding hydrogens is 366 g/mol. The molecular formula is C23H29N3O3. The van der Waals surface area contributed by atoms with E-state index in [1.54, 1.807) is 0 Å². The van der Waals surface area contributed by atoms with E-state index in [1.807, 2.05) is 13.1 Å². The normalized spacial score (nSPS) is 24.7. The lowest BCUT2D eigenvalue weighted by molar-refractivity contribution is -0.151. The van der Waals surface area contributed by atoms with E-state index in [0.717, 1.165) is 57.2 Å². The first kappa shape index (κ1) is 18.8. The number of benzene rings is 1. The minimum absolute atomic E-state index is 0.0485.